The van der Waals surface area contributed by atoms with Gasteiger partial charge in [-0.15, -0.1) is 0 Å². The first-order valence-electron chi connectivity index (χ1n) is 11.1. The van der Waals surface area contributed by atoms with E-state index in [1.165, 1.54) is 16.6 Å². The van der Waals surface area contributed by atoms with E-state index in [1.54, 1.807) is 6.92 Å². The van der Waals surface area contributed by atoms with Crippen LogP contribution in [0.1, 0.15) is 36.2 Å². The molecule has 194 valence electrons. The predicted octanol–water partition coefficient (Wildman–Crippen LogP) is 2.52. The lowest BCUT2D eigenvalue weighted by Gasteiger charge is -2.25. The first-order valence-corrected chi connectivity index (χ1v) is 11.1. The van der Waals surface area contributed by atoms with E-state index >= 15 is 4.39 Å². The molecule has 1 saturated heterocycles. The number of aromatic nitrogens is 1. The Morgan fingerprint density at radius 1 is 1.36 bits per heavy atom. The molecule has 3 N–H and O–H groups in total. The summed E-state index contributed by atoms with van der Waals surface area (Å²) in [4.78, 5) is 35.7. The molecular weight excluding hydrogens is 487 g/mol. The zero-order valence-electron chi connectivity index (χ0n) is 19.4. The third kappa shape index (κ3) is 4.62. The topological polar surface area (TPSA) is 141 Å². The molecule has 1 atom stereocenters. The molecule has 11 nitrogen and oxygen atoms in total. The number of hydrogen-bond donors (Lipinski definition) is 2. The van der Waals surface area contributed by atoms with Crippen molar-refractivity contribution in [2.24, 2.45) is 22.0 Å². The molecule has 2 fully saturated rings. The van der Waals surface area contributed by atoms with Gasteiger partial charge in [-0.25, -0.2) is 9.18 Å². The molecule has 1 aromatic heterocycles. The SMILES string of the molecule is CCO/N=C1/CN(c2c(F)cc3c(=O)c(C(=O)O)cn(C4CC4)c3c2OC(F)F)CC1/C(N)=N\OC. The highest BCUT2D eigenvalue weighted by Crippen LogP contribution is 2.45. The van der Waals surface area contributed by atoms with Crippen LogP contribution in [0.5, 0.6) is 5.75 Å². The van der Waals surface area contributed by atoms with Gasteiger partial charge >= 0.3 is 12.6 Å². The van der Waals surface area contributed by atoms with Crippen LogP contribution in [0.3, 0.4) is 0 Å². The first-order chi connectivity index (χ1) is 17.2. The maximum Gasteiger partial charge on any atom is 0.387 e. The maximum absolute atomic E-state index is 15.6. The van der Waals surface area contributed by atoms with Gasteiger partial charge in [-0.05, 0) is 25.8 Å². The number of amidine groups is 1. The number of aromatic carboxylic acids is 1. The first kappa shape index (κ1) is 25.1. The number of nitrogens with zero attached hydrogens (tertiary/aromatic N) is 4. The van der Waals surface area contributed by atoms with Gasteiger partial charge in [0.05, 0.1) is 29.1 Å². The minimum Gasteiger partial charge on any atom is -0.477 e. The van der Waals surface area contributed by atoms with Crippen LogP contribution in [0.15, 0.2) is 27.4 Å². The number of carboxylic acids is 1. The highest BCUT2D eigenvalue weighted by molar-refractivity contribution is 6.10. The largest absolute Gasteiger partial charge is 0.477 e. The number of pyridine rings is 1. The molecule has 4 rings (SSSR count). The number of nitrogens with two attached hydrogens (primary N) is 1. The Morgan fingerprint density at radius 3 is 2.67 bits per heavy atom. The van der Waals surface area contributed by atoms with Gasteiger partial charge in [-0.2, -0.15) is 8.78 Å². The number of fused-ring (bicyclic) bond motifs is 1. The Morgan fingerprint density at radius 2 is 2.08 bits per heavy atom. The normalized spacial score (nSPS) is 19.4. The quantitative estimate of drug-likeness (QED) is 0.297. The molecule has 1 unspecified atom stereocenters. The second-order valence-corrected chi connectivity index (χ2v) is 8.26. The molecular formula is C22H24F3N5O6. The number of benzene rings is 1. The number of rotatable bonds is 9. The molecule has 1 aromatic carbocycles. The zero-order chi connectivity index (χ0) is 26.1. The molecule has 0 spiro atoms. The summed E-state index contributed by atoms with van der Waals surface area (Å²) in [5.41, 5.74) is 4.27. The van der Waals surface area contributed by atoms with Crippen molar-refractivity contribution in [3.63, 3.8) is 0 Å². The van der Waals surface area contributed by atoms with Crippen LogP contribution < -0.4 is 20.8 Å². The zero-order valence-corrected chi connectivity index (χ0v) is 19.4. The fourth-order valence-electron chi connectivity index (χ4n) is 4.27. The standard InChI is InChI=1S/C22H24F3N5O6/c1-3-35-27-15-9-29(7-12(15)20(26)28-34-2)17-14(23)6-11-16(19(17)36-22(24)25)30(10-4-5-10)8-13(18(11)31)21(32)33/h6,8,10,12,22H,3-5,7,9H2,1-2H3,(H2,26,28)(H,32,33)/b27-15-. The third-order valence-corrected chi connectivity index (χ3v) is 5.91. The van der Waals surface area contributed by atoms with E-state index in [-0.39, 0.29) is 48.2 Å². The van der Waals surface area contributed by atoms with E-state index in [9.17, 15) is 23.5 Å². The van der Waals surface area contributed by atoms with E-state index in [1.807, 2.05) is 0 Å². The van der Waals surface area contributed by atoms with Crippen LogP contribution in [-0.4, -0.2) is 60.6 Å². The van der Waals surface area contributed by atoms with Gasteiger partial charge in [0, 0.05) is 18.8 Å². The number of carboxylic acid groups (broad SMARTS) is 1. The molecule has 2 aromatic rings. The minimum atomic E-state index is -3.36. The number of anilines is 1. The van der Waals surface area contributed by atoms with Crippen molar-refractivity contribution in [1.29, 1.82) is 0 Å². The van der Waals surface area contributed by atoms with Gasteiger partial charge in [-0.1, -0.05) is 10.3 Å². The summed E-state index contributed by atoms with van der Waals surface area (Å²) in [7, 11) is 1.29. The van der Waals surface area contributed by atoms with Crippen molar-refractivity contribution >= 4 is 34.1 Å². The second-order valence-electron chi connectivity index (χ2n) is 8.26. The Kier molecular flexibility index (Phi) is 6.95. The van der Waals surface area contributed by atoms with Crippen molar-refractivity contribution in [3.05, 3.63) is 33.9 Å². The van der Waals surface area contributed by atoms with Crippen molar-refractivity contribution < 1.29 is 37.5 Å². The molecule has 0 radical (unpaired) electrons. The Hall–Kier alpha value is -3.97. The summed E-state index contributed by atoms with van der Waals surface area (Å²) in [6.07, 6.45) is 2.33. The van der Waals surface area contributed by atoms with Crippen LogP contribution >= 0.6 is 0 Å². The molecule has 0 amide bonds. The lowest BCUT2D eigenvalue weighted by Crippen LogP contribution is -2.31. The van der Waals surface area contributed by atoms with Crippen LogP contribution in [0.4, 0.5) is 18.9 Å². The van der Waals surface area contributed by atoms with E-state index in [4.69, 9.17) is 20.1 Å². The van der Waals surface area contributed by atoms with Crippen molar-refractivity contribution in [2.45, 2.75) is 32.4 Å². The van der Waals surface area contributed by atoms with Gasteiger partial charge in [0.25, 0.3) is 0 Å². The maximum atomic E-state index is 15.6. The molecule has 1 saturated carbocycles. The van der Waals surface area contributed by atoms with Crippen molar-refractivity contribution in [1.82, 2.24) is 4.57 Å². The number of alkyl halides is 2. The molecule has 1 aliphatic heterocycles. The molecule has 14 heteroatoms. The monoisotopic (exact) mass is 511 g/mol. The number of carbonyl (C=O) groups is 1. The Bertz CT molecular complexity index is 1310. The summed E-state index contributed by atoms with van der Waals surface area (Å²) in [6, 6.07) is 0.589. The average Bonchev–Trinajstić information content (AvgIpc) is 3.57. The molecule has 1 aliphatic carbocycles. The molecule has 0 bridgehead atoms. The Labute approximate surface area is 202 Å². The number of oxime groups is 2. The summed E-state index contributed by atoms with van der Waals surface area (Å²) >= 11 is 0. The molecule has 2 heterocycles. The molecule has 2 aliphatic rings. The fourth-order valence-corrected chi connectivity index (χ4v) is 4.27. The van der Waals surface area contributed by atoms with Gasteiger partial charge in [0.1, 0.15) is 30.8 Å². The van der Waals surface area contributed by atoms with Crippen LogP contribution in [0.25, 0.3) is 10.9 Å². The smallest absolute Gasteiger partial charge is 0.387 e. The third-order valence-electron chi connectivity index (χ3n) is 5.91. The summed E-state index contributed by atoms with van der Waals surface area (Å²) in [6.45, 7) is -1.52. The van der Waals surface area contributed by atoms with E-state index in [2.05, 4.69) is 10.3 Å². The van der Waals surface area contributed by atoms with Gasteiger partial charge < -0.3 is 34.7 Å². The van der Waals surface area contributed by atoms with E-state index < -0.39 is 41.1 Å². The van der Waals surface area contributed by atoms with Crippen LogP contribution in [-0.2, 0) is 9.68 Å². The predicted molar refractivity (Wildman–Crippen MR) is 123 cm³/mol. The van der Waals surface area contributed by atoms with Crippen molar-refractivity contribution in [2.75, 3.05) is 31.7 Å². The summed E-state index contributed by atoms with van der Waals surface area (Å²) in [5.74, 6) is -3.83. The highest BCUT2D eigenvalue weighted by Gasteiger charge is 2.38. The van der Waals surface area contributed by atoms with E-state index in [0.717, 1.165) is 12.3 Å². The van der Waals surface area contributed by atoms with Gasteiger partial charge in [0.15, 0.2) is 11.6 Å². The lowest BCUT2D eigenvalue weighted by molar-refractivity contribution is -0.0488. The Balaban J connectivity index is 1.96. The van der Waals surface area contributed by atoms with Crippen LogP contribution in [0, 0.1) is 11.7 Å². The summed E-state index contributed by atoms with van der Waals surface area (Å²) < 4.78 is 49.0. The van der Waals surface area contributed by atoms with Crippen LogP contribution in [0.2, 0.25) is 0 Å². The average molecular weight is 511 g/mol. The highest BCUT2D eigenvalue weighted by atomic mass is 19.3. The fraction of sp³-hybridized carbons (Fsp3) is 0.455. The minimum absolute atomic E-state index is 0.0111. The van der Waals surface area contributed by atoms with Crippen molar-refractivity contribution in [3.8, 4) is 5.75 Å². The number of ether oxygens (including phenoxy) is 1. The lowest BCUT2D eigenvalue weighted by atomic mass is 10.1. The number of halogens is 3. The second kappa shape index (κ2) is 9.95. The number of hydrogen-bond acceptors (Lipinski definition) is 8. The molecule has 36 heavy (non-hydrogen) atoms. The van der Waals surface area contributed by atoms with Gasteiger partial charge in [-0.3, -0.25) is 4.79 Å². The summed E-state index contributed by atoms with van der Waals surface area (Å²) in [5, 5.41) is 16.8. The van der Waals surface area contributed by atoms with E-state index in [0.29, 0.717) is 18.6 Å². The van der Waals surface area contributed by atoms with Gasteiger partial charge in [0.2, 0.25) is 5.43 Å².